The van der Waals surface area contributed by atoms with E-state index in [1.165, 1.54) is 0 Å². The highest BCUT2D eigenvalue weighted by molar-refractivity contribution is 6.33. The highest BCUT2D eigenvalue weighted by Crippen LogP contribution is 2.23. The van der Waals surface area contributed by atoms with E-state index in [-0.39, 0.29) is 18.6 Å². The number of carbonyl (C=O) groups excluding carboxylic acids is 1. The molecule has 1 N–H and O–H groups in total. The first-order chi connectivity index (χ1) is 13.1. The van der Waals surface area contributed by atoms with Gasteiger partial charge in [-0.1, -0.05) is 24.6 Å². The van der Waals surface area contributed by atoms with Crippen molar-refractivity contribution in [3.63, 3.8) is 0 Å². The van der Waals surface area contributed by atoms with Gasteiger partial charge in [-0.05, 0) is 42.8 Å². The second kappa shape index (κ2) is 8.79. The van der Waals surface area contributed by atoms with Crippen molar-refractivity contribution in [2.45, 2.75) is 25.9 Å². The van der Waals surface area contributed by atoms with Crippen molar-refractivity contribution in [3.05, 3.63) is 77.3 Å². The molecule has 0 spiro atoms. The molecule has 27 heavy (non-hydrogen) atoms. The van der Waals surface area contributed by atoms with E-state index in [1.807, 2.05) is 31.2 Å². The molecule has 1 amide bonds. The van der Waals surface area contributed by atoms with Gasteiger partial charge in [-0.15, -0.1) is 0 Å². The van der Waals surface area contributed by atoms with Gasteiger partial charge in [-0.2, -0.15) is 5.10 Å². The topological polar surface area (TPSA) is 71.2 Å². The Hall–Kier alpha value is -2.70. The van der Waals surface area contributed by atoms with Crippen LogP contribution in [0.1, 0.15) is 29.4 Å². The highest BCUT2D eigenvalue weighted by Gasteiger charge is 2.25. The third kappa shape index (κ3) is 4.35. The van der Waals surface area contributed by atoms with Crippen LogP contribution in [0.2, 0.25) is 5.02 Å². The molecule has 6 nitrogen and oxygen atoms in total. The Kier molecular flexibility index (Phi) is 6.21. The minimum atomic E-state index is -0.330. The number of hydrogen-bond donors (Lipinski definition) is 1. The SMILES string of the molecule is CCC(CO)N(Cc1ccccn1)C(=O)c1cc(-n2cccn2)ccc1Cl. The second-order valence-electron chi connectivity index (χ2n) is 6.11. The Balaban J connectivity index is 1.97. The average Bonchev–Trinajstić information content (AvgIpc) is 3.23. The number of nitrogens with zero attached hydrogens (tertiary/aromatic N) is 4. The van der Waals surface area contributed by atoms with Crippen molar-refractivity contribution < 1.29 is 9.90 Å². The largest absolute Gasteiger partial charge is 0.394 e. The number of aliphatic hydroxyl groups is 1. The summed E-state index contributed by atoms with van der Waals surface area (Å²) in [6.45, 7) is 2.09. The molecule has 0 radical (unpaired) electrons. The van der Waals surface area contributed by atoms with Gasteiger partial charge in [-0.3, -0.25) is 9.78 Å². The Morgan fingerprint density at radius 3 is 2.74 bits per heavy atom. The number of hydrogen-bond acceptors (Lipinski definition) is 4. The van der Waals surface area contributed by atoms with E-state index < -0.39 is 0 Å². The van der Waals surface area contributed by atoms with Gasteiger partial charge in [0.25, 0.3) is 5.91 Å². The lowest BCUT2D eigenvalue weighted by Crippen LogP contribution is -2.42. The molecule has 3 aromatic rings. The molecule has 0 aliphatic carbocycles. The van der Waals surface area contributed by atoms with Crippen molar-refractivity contribution in [1.82, 2.24) is 19.7 Å². The predicted octanol–water partition coefficient (Wildman–Crippen LogP) is 3.33. The Morgan fingerprint density at radius 1 is 1.26 bits per heavy atom. The lowest BCUT2D eigenvalue weighted by Gasteiger charge is -2.30. The normalized spacial score (nSPS) is 12.0. The summed E-state index contributed by atoms with van der Waals surface area (Å²) in [6, 6.07) is 12.2. The first-order valence-electron chi connectivity index (χ1n) is 8.75. The smallest absolute Gasteiger partial charge is 0.256 e. The fourth-order valence-electron chi connectivity index (χ4n) is 2.88. The Bertz CT molecular complexity index is 880. The van der Waals surface area contributed by atoms with Gasteiger partial charge in [0.1, 0.15) is 0 Å². The maximum absolute atomic E-state index is 13.3. The summed E-state index contributed by atoms with van der Waals surface area (Å²) in [5, 5.41) is 14.3. The summed E-state index contributed by atoms with van der Waals surface area (Å²) in [5.74, 6) is -0.249. The molecule has 0 bridgehead atoms. The van der Waals surface area contributed by atoms with E-state index in [9.17, 15) is 9.90 Å². The number of aromatic nitrogens is 3. The first kappa shape index (κ1) is 19.1. The third-order valence-corrected chi connectivity index (χ3v) is 4.72. The van der Waals surface area contributed by atoms with Crippen molar-refractivity contribution in [2.75, 3.05) is 6.61 Å². The fraction of sp³-hybridized carbons (Fsp3) is 0.250. The van der Waals surface area contributed by atoms with Gasteiger partial charge in [0.2, 0.25) is 0 Å². The molecule has 1 aromatic carbocycles. The van der Waals surface area contributed by atoms with Crippen LogP contribution in [0.4, 0.5) is 0 Å². The monoisotopic (exact) mass is 384 g/mol. The van der Waals surface area contributed by atoms with E-state index in [4.69, 9.17) is 11.6 Å². The molecular formula is C20H21ClN4O2. The van der Waals surface area contributed by atoms with Crippen LogP contribution in [0.3, 0.4) is 0 Å². The van der Waals surface area contributed by atoms with Gasteiger partial charge < -0.3 is 10.0 Å². The lowest BCUT2D eigenvalue weighted by atomic mass is 10.1. The number of halogens is 1. The molecule has 1 unspecified atom stereocenters. The molecule has 1 atom stereocenters. The molecule has 0 aliphatic rings. The second-order valence-corrected chi connectivity index (χ2v) is 6.52. The van der Waals surface area contributed by atoms with E-state index >= 15 is 0 Å². The van der Waals surface area contributed by atoms with Crippen molar-refractivity contribution in [3.8, 4) is 5.69 Å². The molecule has 7 heteroatoms. The van der Waals surface area contributed by atoms with Crippen LogP contribution >= 0.6 is 11.6 Å². The predicted molar refractivity (Wildman–Crippen MR) is 104 cm³/mol. The summed E-state index contributed by atoms with van der Waals surface area (Å²) >= 11 is 6.34. The minimum Gasteiger partial charge on any atom is -0.394 e. The van der Waals surface area contributed by atoms with Crippen LogP contribution in [-0.4, -0.2) is 43.3 Å². The molecular weight excluding hydrogens is 364 g/mol. The summed E-state index contributed by atoms with van der Waals surface area (Å²) in [5.41, 5.74) is 1.85. The standard InChI is InChI=1S/C20H21ClN4O2/c1-2-16(14-26)24(13-15-6-3-4-9-22-15)20(27)18-12-17(7-8-19(18)21)25-11-5-10-23-25/h3-12,16,26H,2,13-14H2,1H3. The van der Waals surface area contributed by atoms with Crippen LogP contribution in [0, 0.1) is 0 Å². The molecule has 0 saturated heterocycles. The van der Waals surface area contributed by atoms with Gasteiger partial charge in [0.05, 0.1) is 41.2 Å². The van der Waals surface area contributed by atoms with Crippen LogP contribution < -0.4 is 0 Å². The van der Waals surface area contributed by atoms with Crippen LogP contribution in [0.5, 0.6) is 0 Å². The van der Waals surface area contributed by atoms with E-state index in [1.54, 1.807) is 46.4 Å². The summed E-state index contributed by atoms with van der Waals surface area (Å²) < 4.78 is 1.67. The number of rotatable bonds is 7. The minimum absolute atomic E-state index is 0.133. The fourth-order valence-corrected chi connectivity index (χ4v) is 3.08. The van der Waals surface area contributed by atoms with Crippen molar-refractivity contribution in [2.24, 2.45) is 0 Å². The first-order valence-corrected chi connectivity index (χ1v) is 9.13. The molecule has 0 fully saturated rings. The number of aliphatic hydroxyl groups excluding tert-OH is 1. The highest BCUT2D eigenvalue weighted by atomic mass is 35.5. The average molecular weight is 385 g/mol. The van der Waals surface area contributed by atoms with E-state index in [2.05, 4.69) is 10.1 Å². The Labute approximate surface area is 163 Å². The lowest BCUT2D eigenvalue weighted by molar-refractivity contribution is 0.0560. The van der Waals surface area contributed by atoms with E-state index in [0.29, 0.717) is 23.6 Å². The van der Waals surface area contributed by atoms with Crippen LogP contribution in [-0.2, 0) is 6.54 Å². The molecule has 2 heterocycles. The summed E-state index contributed by atoms with van der Waals surface area (Å²) in [7, 11) is 0. The molecule has 0 aliphatic heterocycles. The number of benzene rings is 1. The molecule has 2 aromatic heterocycles. The maximum atomic E-state index is 13.3. The molecule has 140 valence electrons. The number of amides is 1. The number of pyridine rings is 1. The molecule has 0 saturated carbocycles. The van der Waals surface area contributed by atoms with Crippen LogP contribution in [0.25, 0.3) is 5.69 Å². The zero-order valence-electron chi connectivity index (χ0n) is 15.0. The van der Waals surface area contributed by atoms with Crippen molar-refractivity contribution >= 4 is 17.5 Å². The zero-order chi connectivity index (χ0) is 19.2. The third-order valence-electron chi connectivity index (χ3n) is 4.39. The summed E-state index contributed by atoms with van der Waals surface area (Å²) in [4.78, 5) is 19.2. The summed E-state index contributed by atoms with van der Waals surface area (Å²) in [6.07, 6.45) is 5.77. The molecule has 3 rings (SSSR count). The van der Waals surface area contributed by atoms with E-state index in [0.717, 1.165) is 11.4 Å². The maximum Gasteiger partial charge on any atom is 0.256 e. The Morgan fingerprint density at radius 2 is 2.11 bits per heavy atom. The van der Waals surface area contributed by atoms with Gasteiger partial charge in [-0.25, -0.2) is 4.68 Å². The zero-order valence-corrected chi connectivity index (χ0v) is 15.8. The van der Waals surface area contributed by atoms with Gasteiger partial charge >= 0.3 is 0 Å². The van der Waals surface area contributed by atoms with Gasteiger partial charge in [0.15, 0.2) is 0 Å². The van der Waals surface area contributed by atoms with Gasteiger partial charge in [0, 0.05) is 18.6 Å². The van der Waals surface area contributed by atoms with Crippen molar-refractivity contribution in [1.29, 1.82) is 0 Å². The number of carbonyl (C=O) groups is 1. The quantitative estimate of drug-likeness (QED) is 0.678. The van der Waals surface area contributed by atoms with Crippen LogP contribution in [0.15, 0.2) is 61.1 Å².